The summed E-state index contributed by atoms with van der Waals surface area (Å²) in [6.45, 7) is 0. The van der Waals surface area contributed by atoms with Gasteiger partial charge in [-0.2, -0.15) is 8.42 Å². The molecule has 3 rings (SSSR count). The minimum Gasteiger partial charge on any atom is -0.478 e. The predicted molar refractivity (Wildman–Crippen MR) is 89.4 cm³/mol. The number of sulfonamides is 1. The molecular weight excluding hydrogens is 382 g/mol. The highest BCUT2D eigenvalue weighted by Gasteiger charge is 2.21. The Labute approximate surface area is 151 Å². The predicted octanol–water partition coefficient (Wildman–Crippen LogP) is 2.32. The van der Waals surface area contributed by atoms with Crippen LogP contribution in [-0.2, 0) is 10.0 Å². The second-order valence-corrected chi connectivity index (χ2v) is 6.86. The van der Waals surface area contributed by atoms with Crippen LogP contribution in [0.5, 0.6) is 0 Å². The highest BCUT2D eigenvalue weighted by atomic mass is 32.2. The lowest BCUT2D eigenvalue weighted by Gasteiger charge is -2.10. The number of halogens is 2. The number of hydrogen-bond donors (Lipinski definition) is 2. The van der Waals surface area contributed by atoms with E-state index in [4.69, 9.17) is 5.11 Å². The van der Waals surface area contributed by atoms with Crippen LogP contribution in [0.3, 0.4) is 0 Å². The molecule has 11 heteroatoms. The molecule has 2 aromatic heterocycles. The van der Waals surface area contributed by atoms with Crippen molar-refractivity contribution in [1.82, 2.24) is 15.0 Å². The van der Waals surface area contributed by atoms with Gasteiger partial charge in [-0.15, -0.1) is 0 Å². The van der Waals surface area contributed by atoms with Crippen molar-refractivity contribution in [2.45, 2.75) is 5.03 Å². The summed E-state index contributed by atoms with van der Waals surface area (Å²) in [6, 6.07) is 3.46. The van der Waals surface area contributed by atoms with E-state index in [1.54, 1.807) is 0 Å². The first-order chi connectivity index (χ1) is 12.8. The molecule has 3 aromatic rings. The van der Waals surface area contributed by atoms with Gasteiger partial charge in [-0.25, -0.2) is 28.5 Å². The normalized spacial score (nSPS) is 11.2. The van der Waals surface area contributed by atoms with Crippen LogP contribution in [0.15, 0.2) is 54.2 Å². The van der Waals surface area contributed by atoms with Gasteiger partial charge in [-0.1, -0.05) is 0 Å². The molecule has 0 amide bonds. The van der Waals surface area contributed by atoms with Crippen molar-refractivity contribution in [1.29, 1.82) is 0 Å². The minimum absolute atomic E-state index is 0.390. The van der Waals surface area contributed by atoms with Gasteiger partial charge in [0, 0.05) is 35.8 Å². The summed E-state index contributed by atoms with van der Waals surface area (Å²) in [4.78, 5) is 22.3. The van der Waals surface area contributed by atoms with Crippen LogP contribution < -0.4 is 4.72 Å². The summed E-state index contributed by atoms with van der Waals surface area (Å²) < 4.78 is 54.1. The van der Waals surface area contributed by atoms with Crippen LogP contribution >= 0.6 is 0 Å². The van der Waals surface area contributed by atoms with Gasteiger partial charge < -0.3 is 5.11 Å². The lowest BCUT2D eigenvalue weighted by Crippen LogP contribution is -2.16. The summed E-state index contributed by atoms with van der Waals surface area (Å²) in [5.74, 6) is -4.20. The second-order valence-electron chi connectivity index (χ2n) is 5.23. The molecule has 2 N–H and O–H groups in total. The van der Waals surface area contributed by atoms with E-state index in [1.807, 2.05) is 4.72 Å². The molecule has 0 atom stereocenters. The van der Waals surface area contributed by atoms with E-state index in [-0.39, 0.29) is 0 Å². The van der Waals surface area contributed by atoms with Crippen LogP contribution in [-0.4, -0.2) is 34.4 Å². The molecule has 27 heavy (non-hydrogen) atoms. The molecule has 0 aliphatic rings. The second kappa shape index (κ2) is 7.03. The number of aromatic nitrogens is 3. The first kappa shape index (κ1) is 18.3. The molecule has 0 radical (unpaired) electrons. The van der Waals surface area contributed by atoms with E-state index in [0.29, 0.717) is 23.3 Å². The molecule has 2 heterocycles. The first-order valence-electron chi connectivity index (χ1n) is 7.24. The van der Waals surface area contributed by atoms with Crippen molar-refractivity contribution < 1.29 is 27.1 Å². The summed E-state index contributed by atoms with van der Waals surface area (Å²) in [5.41, 5.74) is -0.486. The fourth-order valence-electron chi connectivity index (χ4n) is 2.14. The van der Waals surface area contributed by atoms with Gasteiger partial charge in [-0.05, 0) is 18.2 Å². The zero-order valence-corrected chi connectivity index (χ0v) is 14.1. The Morgan fingerprint density at radius 1 is 1.00 bits per heavy atom. The molecule has 0 fully saturated rings. The van der Waals surface area contributed by atoms with Crippen LogP contribution in [0.2, 0.25) is 0 Å². The number of benzene rings is 1. The van der Waals surface area contributed by atoms with Crippen molar-refractivity contribution >= 4 is 21.7 Å². The molecule has 0 spiro atoms. The number of carboxylic acid groups (broad SMARTS) is 1. The standard InChI is InChI=1S/C16H10F2N4O4S/c17-12-4-14(13(18)3-11(12)16(23)24)22-27(25,26)15-2-1-9(7-21-15)10-5-19-8-20-6-10/h1-8,22H,(H,23,24). The Hall–Kier alpha value is -3.47. The third-order valence-electron chi connectivity index (χ3n) is 3.44. The van der Waals surface area contributed by atoms with Crippen molar-refractivity contribution in [2.75, 3.05) is 4.72 Å². The zero-order chi connectivity index (χ0) is 19.6. The average Bonchev–Trinajstić information content (AvgIpc) is 2.65. The zero-order valence-electron chi connectivity index (χ0n) is 13.3. The Balaban J connectivity index is 1.89. The molecule has 0 bridgehead atoms. The van der Waals surface area contributed by atoms with Crippen LogP contribution in [0.1, 0.15) is 10.4 Å². The van der Waals surface area contributed by atoms with E-state index in [0.717, 1.165) is 0 Å². The molecular formula is C16H10F2N4O4S. The van der Waals surface area contributed by atoms with Crippen LogP contribution in [0.25, 0.3) is 11.1 Å². The number of nitrogens with one attached hydrogen (secondary N) is 1. The molecule has 0 aliphatic heterocycles. The maximum atomic E-state index is 13.9. The topological polar surface area (TPSA) is 122 Å². The Morgan fingerprint density at radius 3 is 2.30 bits per heavy atom. The highest BCUT2D eigenvalue weighted by molar-refractivity contribution is 7.92. The van der Waals surface area contributed by atoms with Gasteiger partial charge in [0.2, 0.25) is 0 Å². The quantitative estimate of drug-likeness (QED) is 0.683. The summed E-state index contributed by atoms with van der Waals surface area (Å²) in [5, 5.41) is 8.31. The van der Waals surface area contributed by atoms with Gasteiger partial charge in [0.25, 0.3) is 10.0 Å². The van der Waals surface area contributed by atoms with Crippen molar-refractivity contribution in [3.63, 3.8) is 0 Å². The number of pyridine rings is 1. The molecule has 0 saturated carbocycles. The van der Waals surface area contributed by atoms with Gasteiger partial charge >= 0.3 is 5.97 Å². The first-order valence-corrected chi connectivity index (χ1v) is 8.73. The highest BCUT2D eigenvalue weighted by Crippen LogP contribution is 2.23. The molecule has 0 aliphatic carbocycles. The number of carboxylic acids is 1. The number of aromatic carboxylic acids is 1. The van der Waals surface area contributed by atoms with Gasteiger partial charge in [-0.3, -0.25) is 4.72 Å². The third-order valence-corrected chi connectivity index (χ3v) is 4.72. The fraction of sp³-hybridized carbons (Fsp3) is 0. The number of rotatable bonds is 5. The van der Waals surface area contributed by atoms with Crippen molar-refractivity contribution in [2.24, 2.45) is 0 Å². The number of anilines is 1. The number of hydrogen-bond acceptors (Lipinski definition) is 6. The monoisotopic (exact) mass is 392 g/mol. The maximum Gasteiger partial charge on any atom is 0.338 e. The van der Waals surface area contributed by atoms with E-state index >= 15 is 0 Å². The maximum absolute atomic E-state index is 13.9. The van der Waals surface area contributed by atoms with E-state index in [9.17, 15) is 22.0 Å². The molecule has 138 valence electrons. The van der Waals surface area contributed by atoms with E-state index in [2.05, 4.69) is 15.0 Å². The fourth-order valence-corrected chi connectivity index (χ4v) is 3.13. The summed E-state index contributed by atoms with van der Waals surface area (Å²) >= 11 is 0. The van der Waals surface area contributed by atoms with Gasteiger partial charge in [0.05, 0.1) is 11.3 Å². The molecule has 1 aromatic carbocycles. The Kier molecular flexibility index (Phi) is 4.77. The van der Waals surface area contributed by atoms with E-state index < -0.39 is 43.9 Å². The smallest absolute Gasteiger partial charge is 0.338 e. The molecule has 0 saturated heterocycles. The third kappa shape index (κ3) is 3.87. The van der Waals surface area contributed by atoms with E-state index in [1.165, 1.54) is 37.1 Å². The van der Waals surface area contributed by atoms with Crippen molar-refractivity contribution in [3.8, 4) is 11.1 Å². The average molecular weight is 392 g/mol. The van der Waals surface area contributed by atoms with Crippen LogP contribution in [0, 0.1) is 11.6 Å². The Bertz CT molecular complexity index is 1110. The lowest BCUT2D eigenvalue weighted by atomic mass is 10.2. The largest absolute Gasteiger partial charge is 0.478 e. The Morgan fingerprint density at radius 2 is 1.70 bits per heavy atom. The number of nitrogens with zero attached hydrogens (tertiary/aromatic N) is 3. The molecule has 0 unspecified atom stereocenters. The van der Waals surface area contributed by atoms with Gasteiger partial charge in [0.1, 0.15) is 18.0 Å². The lowest BCUT2D eigenvalue weighted by molar-refractivity contribution is 0.0691. The summed E-state index contributed by atoms with van der Waals surface area (Å²) in [6.07, 6.45) is 5.62. The minimum atomic E-state index is -4.33. The van der Waals surface area contributed by atoms with Crippen molar-refractivity contribution in [3.05, 3.63) is 66.4 Å². The molecule has 8 nitrogen and oxygen atoms in total. The van der Waals surface area contributed by atoms with Crippen LogP contribution in [0.4, 0.5) is 14.5 Å². The number of carbonyl (C=O) groups is 1. The van der Waals surface area contributed by atoms with Gasteiger partial charge in [0.15, 0.2) is 5.03 Å². The summed E-state index contributed by atoms with van der Waals surface area (Å²) in [7, 11) is -4.33. The SMILES string of the molecule is O=C(O)c1cc(F)c(NS(=O)(=O)c2ccc(-c3cncnc3)cn2)cc1F.